The van der Waals surface area contributed by atoms with Gasteiger partial charge in [-0.3, -0.25) is 14.9 Å². The Morgan fingerprint density at radius 1 is 1.31 bits per heavy atom. The second kappa shape index (κ2) is 11.0. The minimum Gasteiger partial charge on any atom is -0.461 e. The fraction of sp³-hybridized carbons (Fsp3) is 0.316. The van der Waals surface area contributed by atoms with Crippen molar-refractivity contribution in [1.82, 2.24) is 9.88 Å². The predicted molar refractivity (Wildman–Crippen MR) is 107 cm³/mol. The third-order valence-corrected chi connectivity index (χ3v) is 4.60. The number of nitro benzene ring substituents is 1. The zero-order valence-electron chi connectivity index (χ0n) is 16.1. The first-order valence-electron chi connectivity index (χ1n) is 8.76. The highest BCUT2D eigenvalue weighted by Crippen LogP contribution is 2.15. The monoisotopic (exact) mass is 419 g/mol. The van der Waals surface area contributed by atoms with E-state index in [1.807, 2.05) is 0 Å². The van der Waals surface area contributed by atoms with Gasteiger partial charge >= 0.3 is 5.97 Å². The minimum atomic E-state index is -0.497. The lowest BCUT2D eigenvalue weighted by molar-refractivity contribution is -0.384. The van der Waals surface area contributed by atoms with E-state index in [-0.39, 0.29) is 30.4 Å². The average molecular weight is 419 g/mol. The molecule has 0 saturated carbocycles. The molecule has 0 aliphatic rings. The fourth-order valence-electron chi connectivity index (χ4n) is 2.29. The summed E-state index contributed by atoms with van der Waals surface area (Å²) in [5, 5.41) is 12.9. The van der Waals surface area contributed by atoms with Crippen molar-refractivity contribution in [2.45, 2.75) is 13.5 Å². The summed E-state index contributed by atoms with van der Waals surface area (Å²) < 4.78 is 9.98. The van der Waals surface area contributed by atoms with E-state index in [4.69, 9.17) is 9.47 Å². The molecule has 1 heterocycles. The number of hydrogen-bond acceptors (Lipinski definition) is 8. The Labute approximate surface area is 171 Å². The number of ether oxygens (including phenoxy) is 2. The highest BCUT2D eigenvalue weighted by atomic mass is 32.1. The number of carbonyl (C=O) groups is 2. The fourth-order valence-corrected chi connectivity index (χ4v) is 3.07. The molecule has 9 nitrogen and oxygen atoms in total. The SMILES string of the molecule is CCOC(=O)c1csc(CN(CCOC)C(=O)/C=C/c2ccc([N+](=O)[O-])cc2)n1. The van der Waals surface area contributed by atoms with Crippen LogP contribution in [0.15, 0.2) is 35.7 Å². The highest BCUT2D eigenvalue weighted by molar-refractivity contribution is 7.09. The molecule has 0 saturated heterocycles. The number of rotatable bonds is 10. The normalized spacial score (nSPS) is 10.8. The van der Waals surface area contributed by atoms with Crippen molar-refractivity contribution in [1.29, 1.82) is 0 Å². The number of methoxy groups -OCH3 is 1. The molecule has 2 aromatic rings. The molecule has 0 radical (unpaired) electrons. The van der Waals surface area contributed by atoms with Gasteiger partial charge in [-0.15, -0.1) is 11.3 Å². The van der Waals surface area contributed by atoms with E-state index in [1.54, 1.807) is 35.4 Å². The van der Waals surface area contributed by atoms with Crippen molar-refractivity contribution in [2.75, 3.05) is 26.9 Å². The van der Waals surface area contributed by atoms with E-state index >= 15 is 0 Å². The number of amides is 1. The standard InChI is InChI=1S/C19H21N3O6S/c1-3-28-19(24)16-13-29-17(20-16)12-21(10-11-27-2)18(23)9-6-14-4-7-15(8-5-14)22(25)26/h4-9,13H,3,10-12H2,1-2H3/b9-6+. The van der Waals surface area contributed by atoms with Gasteiger partial charge < -0.3 is 14.4 Å². The lowest BCUT2D eigenvalue weighted by Gasteiger charge is -2.19. The number of aromatic nitrogens is 1. The summed E-state index contributed by atoms with van der Waals surface area (Å²) >= 11 is 1.27. The van der Waals surface area contributed by atoms with Gasteiger partial charge in [0.1, 0.15) is 5.01 Å². The maximum Gasteiger partial charge on any atom is 0.357 e. The number of hydrogen-bond donors (Lipinski definition) is 0. The maximum atomic E-state index is 12.6. The molecule has 0 N–H and O–H groups in total. The van der Waals surface area contributed by atoms with E-state index < -0.39 is 10.9 Å². The second-order valence-corrected chi connectivity index (χ2v) is 6.72. The van der Waals surface area contributed by atoms with Gasteiger partial charge in [0.25, 0.3) is 5.69 Å². The van der Waals surface area contributed by atoms with Gasteiger partial charge in [-0.25, -0.2) is 9.78 Å². The summed E-state index contributed by atoms with van der Waals surface area (Å²) in [6, 6.07) is 5.88. The van der Waals surface area contributed by atoms with Crippen LogP contribution in [-0.2, 0) is 20.8 Å². The number of non-ortho nitro benzene ring substituents is 1. The first-order chi connectivity index (χ1) is 13.9. The van der Waals surface area contributed by atoms with Crippen molar-refractivity contribution in [3.05, 3.63) is 62.1 Å². The zero-order valence-corrected chi connectivity index (χ0v) is 16.9. The number of benzene rings is 1. The van der Waals surface area contributed by atoms with E-state index in [1.165, 1.54) is 36.7 Å². The highest BCUT2D eigenvalue weighted by Gasteiger charge is 2.16. The Bertz CT molecular complexity index is 878. The molecule has 154 valence electrons. The molecule has 0 aliphatic carbocycles. The topological polar surface area (TPSA) is 112 Å². The van der Waals surface area contributed by atoms with Crippen molar-refractivity contribution in [3.63, 3.8) is 0 Å². The molecular formula is C19H21N3O6S. The summed E-state index contributed by atoms with van der Waals surface area (Å²) in [6.07, 6.45) is 2.97. The van der Waals surface area contributed by atoms with Gasteiger partial charge in [0.2, 0.25) is 5.91 Å². The number of nitrogens with zero attached hydrogens (tertiary/aromatic N) is 3. The number of thiazole rings is 1. The first kappa shape index (κ1) is 22.2. The van der Waals surface area contributed by atoms with Gasteiger partial charge in [-0.05, 0) is 30.7 Å². The number of esters is 1. The number of carbonyl (C=O) groups excluding carboxylic acids is 2. The second-order valence-electron chi connectivity index (χ2n) is 5.78. The summed E-state index contributed by atoms with van der Waals surface area (Å²) in [4.78, 5) is 40.3. The van der Waals surface area contributed by atoms with Crippen LogP contribution in [0.2, 0.25) is 0 Å². The lowest BCUT2D eigenvalue weighted by Crippen LogP contribution is -2.32. The van der Waals surface area contributed by atoms with Crippen molar-refractivity contribution < 1.29 is 24.0 Å². The van der Waals surface area contributed by atoms with Crippen LogP contribution >= 0.6 is 11.3 Å². The Kier molecular flexibility index (Phi) is 8.44. The Morgan fingerprint density at radius 2 is 2.03 bits per heavy atom. The molecule has 1 aromatic carbocycles. The van der Waals surface area contributed by atoms with Crippen LogP contribution in [0.5, 0.6) is 0 Å². The van der Waals surface area contributed by atoms with Gasteiger partial charge in [0.05, 0.1) is 24.7 Å². The summed E-state index contributed by atoms with van der Waals surface area (Å²) in [7, 11) is 1.54. The van der Waals surface area contributed by atoms with Crippen LogP contribution in [-0.4, -0.2) is 53.6 Å². The number of nitro groups is 1. The van der Waals surface area contributed by atoms with Gasteiger partial charge in [-0.1, -0.05) is 0 Å². The molecule has 0 fully saturated rings. The van der Waals surface area contributed by atoms with Crippen LogP contribution < -0.4 is 0 Å². The van der Waals surface area contributed by atoms with E-state index in [0.29, 0.717) is 23.7 Å². The first-order valence-corrected chi connectivity index (χ1v) is 9.64. The van der Waals surface area contributed by atoms with Gasteiger partial charge in [0.15, 0.2) is 5.69 Å². The lowest BCUT2D eigenvalue weighted by atomic mass is 10.2. The molecule has 2 rings (SSSR count). The van der Waals surface area contributed by atoms with Crippen molar-refractivity contribution in [3.8, 4) is 0 Å². The maximum absolute atomic E-state index is 12.6. The largest absolute Gasteiger partial charge is 0.461 e. The molecule has 10 heteroatoms. The van der Waals surface area contributed by atoms with E-state index in [2.05, 4.69) is 4.98 Å². The smallest absolute Gasteiger partial charge is 0.357 e. The molecule has 29 heavy (non-hydrogen) atoms. The van der Waals surface area contributed by atoms with E-state index in [0.717, 1.165) is 0 Å². The third kappa shape index (κ3) is 6.77. The molecule has 1 amide bonds. The molecule has 0 unspecified atom stereocenters. The van der Waals surface area contributed by atoms with Gasteiger partial charge in [0, 0.05) is 37.2 Å². The Balaban J connectivity index is 2.07. The summed E-state index contributed by atoms with van der Waals surface area (Å²) in [6.45, 7) is 2.88. The van der Waals surface area contributed by atoms with Gasteiger partial charge in [-0.2, -0.15) is 0 Å². The average Bonchev–Trinajstić information content (AvgIpc) is 3.18. The quantitative estimate of drug-likeness (QED) is 0.252. The summed E-state index contributed by atoms with van der Waals surface area (Å²) in [5.41, 5.74) is 0.860. The van der Waals surface area contributed by atoms with E-state index in [9.17, 15) is 19.7 Å². The molecule has 0 aliphatic heterocycles. The predicted octanol–water partition coefficient (Wildman–Crippen LogP) is 2.92. The molecule has 1 aromatic heterocycles. The van der Waals surface area contributed by atoms with Crippen LogP contribution in [0.4, 0.5) is 5.69 Å². The Hall–Kier alpha value is -3.11. The zero-order chi connectivity index (χ0) is 21.2. The minimum absolute atomic E-state index is 0.0172. The van der Waals surface area contributed by atoms with Crippen LogP contribution in [0.3, 0.4) is 0 Å². The molecule has 0 bridgehead atoms. The van der Waals surface area contributed by atoms with Crippen molar-refractivity contribution in [2.24, 2.45) is 0 Å². The Morgan fingerprint density at radius 3 is 2.66 bits per heavy atom. The third-order valence-electron chi connectivity index (χ3n) is 3.76. The summed E-state index contributed by atoms with van der Waals surface area (Å²) in [5.74, 6) is -0.767. The van der Waals surface area contributed by atoms with Crippen LogP contribution in [0.25, 0.3) is 6.08 Å². The van der Waals surface area contributed by atoms with Crippen LogP contribution in [0.1, 0.15) is 28.0 Å². The molecule has 0 atom stereocenters. The molecule has 0 spiro atoms. The van der Waals surface area contributed by atoms with Crippen LogP contribution in [0, 0.1) is 10.1 Å². The molecular weight excluding hydrogens is 398 g/mol. The van der Waals surface area contributed by atoms with Crippen molar-refractivity contribution >= 4 is 35.0 Å².